The normalized spacial score (nSPS) is 13.8. The highest BCUT2D eigenvalue weighted by Crippen LogP contribution is 2.36. The van der Waals surface area contributed by atoms with Gasteiger partial charge in [-0.2, -0.15) is 5.53 Å². The number of thiazole rings is 1. The van der Waals surface area contributed by atoms with Gasteiger partial charge < -0.3 is 20.1 Å². The van der Waals surface area contributed by atoms with Gasteiger partial charge >= 0.3 is 0 Å². The van der Waals surface area contributed by atoms with Gasteiger partial charge in [0.05, 0.1) is 23.9 Å². The van der Waals surface area contributed by atoms with Crippen LogP contribution in [0.15, 0.2) is 53.3 Å². The highest BCUT2D eigenvalue weighted by molar-refractivity contribution is 7.13. The molecule has 0 bridgehead atoms. The molecule has 0 radical (unpaired) electrons. The predicted octanol–water partition coefficient (Wildman–Crippen LogP) is 5.39. The summed E-state index contributed by atoms with van der Waals surface area (Å²) in [6, 6.07) is 9.22. The molecule has 1 saturated heterocycles. The Kier molecular flexibility index (Phi) is 7.19. The van der Waals surface area contributed by atoms with E-state index in [1.165, 1.54) is 5.01 Å². The number of methoxy groups -OCH3 is 1. The van der Waals surface area contributed by atoms with Crippen LogP contribution in [0.1, 0.15) is 19.8 Å². The Morgan fingerprint density at radius 3 is 2.73 bits per heavy atom. The van der Waals surface area contributed by atoms with Gasteiger partial charge in [-0.15, -0.1) is 11.3 Å². The molecule has 0 spiro atoms. The Bertz CT molecular complexity index is 1420. The third-order valence-corrected chi connectivity index (χ3v) is 6.78. The summed E-state index contributed by atoms with van der Waals surface area (Å²) in [6.45, 7) is 3.43. The van der Waals surface area contributed by atoms with Gasteiger partial charge in [-0.25, -0.2) is 20.0 Å². The molecular formula is C25H27N9O2S. The first-order valence-electron chi connectivity index (χ1n) is 11.8. The lowest BCUT2D eigenvalue weighted by Gasteiger charge is -2.25. The zero-order chi connectivity index (χ0) is 25.8. The molecule has 4 aromatic rings. The molecule has 0 unspecified atom stereocenters. The Hall–Kier alpha value is -4.16. The molecule has 1 aliphatic rings. The van der Waals surface area contributed by atoms with Crippen molar-refractivity contribution < 1.29 is 9.47 Å². The second kappa shape index (κ2) is 10.8. The fourth-order valence-corrected chi connectivity index (χ4v) is 4.84. The van der Waals surface area contributed by atoms with Crippen molar-refractivity contribution in [3.8, 4) is 22.1 Å². The molecule has 4 N–H and O–H groups in total. The van der Waals surface area contributed by atoms with E-state index in [2.05, 4.69) is 25.8 Å². The molecule has 2 aromatic heterocycles. The second-order valence-corrected chi connectivity index (χ2v) is 9.44. The number of piperidine rings is 1. The summed E-state index contributed by atoms with van der Waals surface area (Å²) in [6.07, 6.45) is 5.58. The van der Waals surface area contributed by atoms with Crippen LogP contribution >= 0.6 is 11.3 Å². The lowest BCUT2D eigenvalue weighted by atomic mass is 10.1. The average molecular weight is 518 g/mol. The number of hydrogen-bond acceptors (Lipinski definition) is 11. The number of rotatable bonds is 8. The van der Waals surface area contributed by atoms with Gasteiger partial charge in [0.15, 0.2) is 0 Å². The topological polar surface area (TPSA) is 144 Å². The number of anilines is 3. The highest BCUT2D eigenvalue weighted by Gasteiger charge is 2.19. The van der Waals surface area contributed by atoms with Gasteiger partial charge in [-0.3, -0.25) is 5.41 Å². The van der Waals surface area contributed by atoms with Crippen molar-refractivity contribution in [3.05, 3.63) is 48.1 Å². The molecular weight excluding hydrogens is 490 g/mol. The summed E-state index contributed by atoms with van der Waals surface area (Å²) in [4.78, 5) is 13.8. The summed E-state index contributed by atoms with van der Waals surface area (Å²) in [5, 5.41) is 22.8. The van der Waals surface area contributed by atoms with Crippen LogP contribution in [-0.4, -0.2) is 47.1 Å². The first kappa shape index (κ1) is 24.5. The smallest absolute Gasteiger partial charge is 0.227 e. The minimum Gasteiger partial charge on any atom is -0.497 e. The summed E-state index contributed by atoms with van der Waals surface area (Å²) in [7, 11) is 1.55. The Morgan fingerprint density at radius 2 is 2.03 bits per heavy atom. The van der Waals surface area contributed by atoms with Crippen molar-refractivity contribution in [2.24, 2.45) is 5.22 Å². The number of benzene rings is 2. The van der Waals surface area contributed by atoms with Crippen molar-refractivity contribution in [3.63, 3.8) is 0 Å². The minimum absolute atomic E-state index is 0.105. The zero-order valence-electron chi connectivity index (χ0n) is 20.5. The number of nitrogens with zero attached hydrogens (tertiary/aromatic N) is 5. The molecule has 1 aliphatic heterocycles. The maximum atomic E-state index is 7.89. The Morgan fingerprint density at radius 1 is 1.19 bits per heavy atom. The molecule has 2 aromatic carbocycles. The quantitative estimate of drug-likeness (QED) is 0.105. The summed E-state index contributed by atoms with van der Waals surface area (Å²) in [5.41, 5.74) is 10.2. The largest absolute Gasteiger partial charge is 0.497 e. The second-order valence-electron chi connectivity index (χ2n) is 8.55. The van der Waals surface area contributed by atoms with E-state index in [0.29, 0.717) is 23.1 Å². The molecule has 37 heavy (non-hydrogen) atoms. The number of aromatic nitrogens is 3. The van der Waals surface area contributed by atoms with E-state index >= 15 is 0 Å². The van der Waals surface area contributed by atoms with Crippen molar-refractivity contribution in [1.29, 1.82) is 10.9 Å². The number of fused-ring (bicyclic) bond motifs is 1. The minimum atomic E-state index is 0.105. The molecule has 0 saturated carbocycles. The standard InChI is InChI=1S/C25H27N9O2S/c1-15(26)34(33-27)18-10-17(11-20(12-18)35-2)31-25-30-14-16-9-21(24-29-7-8-37-24)23(13-22(16)32-25)36-19-3-5-28-6-4-19/h7-14,19,26-28H,3-6H2,1-2H3,(H,30,31,32). The van der Waals surface area contributed by atoms with E-state index in [4.69, 9.17) is 25.4 Å². The van der Waals surface area contributed by atoms with E-state index in [1.54, 1.807) is 56.0 Å². The van der Waals surface area contributed by atoms with E-state index < -0.39 is 0 Å². The molecule has 3 heterocycles. The third-order valence-electron chi connectivity index (χ3n) is 5.97. The summed E-state index contributed by atoms with van der Waals surface area (Å²) < 4.78 is 11.9. The lowest BCUT2D eigenvalue weighted by molar-refractivity contribution is 0.163. The number of hydrogen-bond donors (Lipinski definition) is 4. The number of amidine groups is 1. The first-order chi connectivity index (χ1) is 18.0. The van der Waals surface area contributed by atoms with Crippen LogP contribution in [0.3, 0.4) is 0 Å². The van der Waals surface area contributed by atoms with Crippen molar-refractivity contribution in [2.75, 3.05) is 30.5 Å². The van der Waals surface area contributed by atoms with Crippen LogP contribution in [0.2, 0.25) is 0 Å². The lowest BCUT2D eigenvalue weighted by Crippen LogP contribution is -2.34. The Balaban J connectivity index is 1.50. The van der Waals surface area contributed by atoms with Crippen molar-refractivity contribution in [2.45, 2.75) is 25.9 Å². The fourth-order valence-electron chi connectivity index (χ4n) is 4.18. The van der Waals surface area contributed by atoms with Crippen molar-refractivity contribution >= 4 is 45.4 Å². The zero-order valence-corrected chi connectivity index (χ0v) is 21.3. The molecule has 12 heteroatoms. The van der Waals surface area contributed by atoms with Gasteiger partial charge in [0.25, 0.3) is 0 Å². The van der Waals surface area contributed by atoms with Crippen LogP contribution in [0, 0.1) is 10.9 Å². The van der Waals surface area contributed by atoms with Crippen LogP contribution in [0.5, 0.6) is 11.5 Å². The van der Waals surface area contributed by atoms with E-state index in [9.17, 15) is 0 Å². The SMILES string of the molecule is COc1cc(Nc2ncc3cc(-c4nccs4)c(OC4CCNCC4)cc3n2)cc(N(N=N)C(C)=N)c1. The van der Waals surface area contributed by atoms with E-state index in [0.717, 1.165) is 53.2 Å². The average Bonchev–Trinajstić information content (AvgIpc) is 3.44. The van der Waals surface area contributed by atoms with E-state index in [-0.39, 0.29) is 11.9 Å². The van der Waals surface area contributed by atoms with Gasteiger partial charge in [0.1, 0.15) is 28.4 Å². The summed E-state index contributed by atoms with van der Waals surface area (Å²) >= 11 is 1.57. The van der Waals surface area contributed by atoms with Crippen LogP contribution < -0.4 is 25.1 Å². The fraction of sp³-hybridized carbons (Fsp3) is 0.280. The maximum absolute atomic E-state index is 7.89. The molecule has 1 fully saturated rings. The maximum Gasteiger partial charge on any atom is 0.227 e. The monoisotopic (exact) mass is 517 g/mol. The first-order valence-corrected chi connectivity index (χ1v) is 12.7. The predicted molar refractivity (Wildman–Crippen MR) is 144 cm³/mol. The number of ether oxygens (including phenoxy) is 2. The molecule has 5 rings (SSSR count). The molecule has 11 nitrogen and oxygen atoms in total. The third kappa shape index (κ3) is 5.49. The van der Waals surface area contributed by atoms with Crippen LogP contribution in [0.25, 0.3) is 21.5 Å². The molecule has 190 valence electrons. The highest BCUT2D eigenvalue weighted by atomic mass is 32.1. The van der Waals surface area contributed by atoms with Gasteiger partial charge in [0.2, 0.25) is 5.95 Å². The van der Waals surface area contributed by atoms with Crippen LogP contribution in [0.4, 0.5) is 17.3 Å². The van der Waals surface area contributed by atoms with Crippen molar-refractivity contribution in [1.82, 2.24) is 20.3 Å². The molecule has 0 amide bonds. The molecule has 0 atom stereocenters. The van der Waals surface area contributed by atoms with E-state index in [1.807, 2.05) is 17.5 Å². The van der Waals surface area contributed by atoms with Gasteiger partial charge in [0, 0.05) is 47.0 Å². The molecule has 0 aliphatic carbocycles. The van der Waals surface area contributed by atoms with Gasteiger partial charge in [-0.05, 0) is 45.0 Å². The van der Waals surface area contributed by atoms with Crippen LogP contribution in [-0.2, 0) is 0 Å². The van der Waals surface area contributed by atoms with Gasteiger partial charge in [-0.1, -0.05) is 5.22 Å². The Labute approximate surface area is 217 Å². The number of nitrogens with one attached hydrogen (secondary N) is 4. The summed E-state index contributed by atoms with van der Waals surface area (Å²) in [5.74, 6) is 1.80.